The molecule has 0 heterocycles. The predicted molar refractivity (Wildman–Crippen MR) is 185 cm³/mol. The molecule has 0 aromatic carbocycles. The molecule has 0 unspecified atom stereocenters. The number of unbranched alkanes of at least 4 members (excludes halogenated alkanes) is 22. The SMILES string of the molecule is CCCCCCCCC=CCCCCCCCC(=O)OC(=O)CCCCCCCC=CCCCCCCCC.O=S(=O)(O)O.[H-].[Na+]. The van der Waals surface area contributed by atoms with Gasteiger partial charge in [-0.05, 0) is 64.2 Å². The smallest absolute Gasteiger partial charge is 1.00 e. The fourth-order valence-corrected chi connectivity index (χ4v) is 4.91. The molecule has 0 aliphatic heterocycles. The van der Waals surface area contributed by atoms with Gasteiger partial charge in [-0.1, -0.05) is 141 Å². The van der Waals surface area contributed by atoms with Crippen LogP contribution < -0.4 is 29.6 Å². The van der Waals surface area contributed by atoms with E-state index in [-0.39, 0.29) is 42.9 Å². The van der Waals surface area contributed by atoms with E-state index in [0.717, 1.165) is 38.5 Å². The van der Waals surface area contributed by atoms with Gasteiger partial charge in [0.2, 0.25) is 0 Å². The van der Waals surface area contributed by atoms with Gasteiger partial charge in [0.1, 0.15) is 0 Å². The molecule has 0 saturated heterocycles. The van der Waals surface area contributed by atoms with E-state index in [2.05, 4.69) is 38.2 Å². The van der Waals surface area contributed by atoms with E-state index >= 15 is 0 Å². The quantitative estimate of drug-likeness (QED) is 0.0197. The normalized spacial score (nSPS) is 11.4. The van der Waals surface area contributed by atoms with E-state index in [1.54, 1.807) is 0 Å². The molecule has 262 valence electrons. The summed E-state index contributed by atoms with van der Waals surface area (Å²) >= 11 is 0. The van der Waals surface area contributed by atoms with Crippen LogP contribution in [0.5, 0.6) is 0 Å². The van der Waals surface area contributed by atoms with Gasteiger partial charge in [-0.25, -0.2) is 0 Å². The van der Waals surface area contributed by atoms with Gasteiger partial charge in [-0.2, -0.15) is 8.42 Å². The molecule has 0 amide bonds. The number of allylic oxidation sites excluding steroid dienone is 4. The standard InChI is InChI=1S/C36H66O3.Na.H2O4S.H/c1-3-5-7-9-11-13-15-17-19-21-23-25-27-29-31-33-35(37)39-36(38)34-32-30-28-26-24-22-20-18-16-14-12-10-8-6-4-2;;1-5(2,3)4;/h17-20H,3-16,21-34H2,1-2H3;;(H2,1,2,3,4);/q;+1;;-1. The van der Waals surface area contributed by atoms with Crippen LogP contribution in [0.15, 0.2) is 24.3 Å². The average molecular weight is 669 g/mol. The Hall–Kier alpha value is -0.510. The molecular weight excluding hydrogens is 599 g/mol. The van der Waals surface area contributed by atoms with E-state index in [1.165, 1.54) is 128 Å². The van der Waals surface area contributed by atoms with Gasteiger partial charge in [0.05, 0.1) is 0 Å². The number of esters is 2. The summed E-state index contributed by atoms with van der Waals surface area (Å²) in [6.07, 6.45) is 42.2. The Kier molecular flexibility index (Phi) is 43.1. The summed E-state index contributed by atoms with van der Waals surface area (Å²) in [4.78, 5) is 23.8. The zero-order valence-electron chi connectivity index (χ0n) is 30.5. The van der Waals surface area contributed by atoms with Crippen molar-refractivity contribution in [1.29, 1.82) is 0 Å². The van der Waals surface area contributed by atoms with Crippen LogP contribution in [0.25, 0.3) is 0 Å². The first-order valence-electron chi connectivity index (χ1n) is 17.9. The van der Waals surface area contributed by atoms with Crippen LogP contribution in [0.2, 0.25) is 0 Å². The number of rotatable bonds is 30. The minimum Gasteiger partial charge on any atom is -1.00 e. The van der Waals surface area contributed by atoms with Gasteiger partial charge in [0, 0.05) is 12.8 Å². The first-order valence-corrected chi connectivity index (χ1v) is 19.3. The molecule has 0 aromatic heterocycles. The van der Waals surface area contributed by atoms with Crippen LogP contribution in [0.1, 0.15) is 195 Å². The number of hydrogen-bond donors (Lipinski definition) is 2. The van der Waals surface area contributed by atoms with Crippen LogP contribution in [0.4, 0.5) is 0 Å². The van der Waals surface area contributed by atoms with Crippen LogP contribution in [-0.2, 0) is 24.7 Å². The fourth-order valence-electron chi connectivity index (χ4n) is 4.91. The first kappa shape index (κ1) is 48.9. The Balaban J connectivity index is -0.00000116. The average Bonchev–Trinajstić information content (AvgIpc) is 2.96. The maximum absolute atomic E-state index is 11.9. The molecule has 0 atom stereocenters. The van der Waals surface area contributed by atoms with Crippen LogP contribution in [0, 0.1) is 0 Å². The zero-order chi connectivity index (χ0) is 33.0. The van der Waals surface area contributed by atoms with Gasteiger partial charge in [0.15, 0.2) is 0 Å². The van der Waals surface area contributed by atoms with Crippen LogP contribution in [-0.4, -0.2) is 29.5 Å². The van der Waals surface area contributed by atoms with E-state index in [0.29, 0.717) is 12.8 Å². The van der Waals surface area contributed by atoms with Crippen molar-refractivity contribution < 1.29 is 62.8 Å². The fraction of sp³-hybridized carbons (Fsp3) is 0.833. The second kappa shape index (κ2) is 39.7. The van der Waals surface area contributed by atoms with Gasteiger partial charge in [-0.3, -0.25) is 18.7 Å². The molecule has 45 heavy (non-hydrogen) atoms. The van der Waals surface area contributed by atoms with Gasteiger partial charge in [0.25, 0.3) is 0 Å². The summed E-state index contributed by atoms with van der Waals surface area (Å²) in [5.41, 5.74) is 0. The van der Waals surface area contributed by atoms with Crippen molar-refractivity contribution in [2.45, 2.75) is 194 Å². The minimum absolute atomic E-state index is 0. The Bertz CT molecular complexity index is 746. The molecular formula is C36H69NaO7S. The second-order valence-electron chi connectivity index (χ2n) is 12.0. The second-order valence-corrected chi connectivity index (χ2v) is 12.9. The number of carbonyl (C=O) groups is 2. The Morgan fingerprint density at radius 2 is 0.711 bits per heavy atom. The summed E-state index contributed by atoms with van der Waals surface area (Å²) in [6, 6.07) is 0. The summed E-state index contributed by atoms with van der Waals surface area (Å²) in [5.74, 6) is -0.684. The van der Waals surface area contributed by atoms with Crippen LogP contribution in [0.3, 0.4) is 0 Å². The molecule has 2 N–H and O–H groups in total. The molecule has 0 aliphatic rings. The third kappa shape index (κ3) is 53.3. The molecule has 0 aromatic rings. The maximum atomic E-state index is 11.9. The topological polar surface area (TPSA) is 118 Å². The van der Waals surface area contributed by atoms with Crippen LogP contribution >= 0.6 is 0 Å². The first-order chi connectivity index (χ1) is 21.2. The third-order valence-electron chi connectivity index (χ3n) is 7.51. The number of hydrogen-bond acceptors (Lipinski definition) is 5. The van der Waals surface area contributed by atoms with Crippen molar-refractivity contribution in [3.63, 3.8) is 0 Å². The van der Waals surface area contributed by atoms with Crippen molar-refractivity contribution in [2.24, 2.45) is 0 Å². The van der Waals surface area contributed by atoms with E-state index < -0.39 is 10.4 Å². The third-order valence-corrected chi connectivity index (χ3v) is 7.51. The molecule has 9 heteroatoms. The molecule has 0 fully saturated rings. The Morgan fingerprint density at radius 3 is 0.978 bits per heavy atom. The molecule has 0 rings (SSSR count). The summed E-state index contributed by atoms with van der Waals surface area (Å²) in [7, 11) is -4.67. The largest absolute Gasteiger partial charge is 1.00 e. The summed E-state index contributed by atoms with van der Waals surface area (Å²) in [5, 5.41) is 0. The van der Waals surface area contributed by atoms with E-state index in [9.17, 15) is 9.59 Å². The monoisotopic (exact) mass is 668 g/mol. The number of carbonyl (C=O) groups excluding carboxylic acids is 2. The van der Waals surface area contributed by atoms with Gasteiger partial charge < -0.3 is 6.16 Å². The Labute approximate surface area is 301 Å². The molecule has 7 nitrogen and oxygen atoms in total. The summed E-state index contributed by atoms with van der Waals surface area (Å²) < 4.78 is 36.6. The predicted octanol–water partition coefficient (Wildman–Crippen LogP) is 8.59. The van der Waals surface area contributed by atoms with Crippen molar-refractivity contribution >= 4 is 22.3 Å². The van der Waals surface area contributed by atoms with Crippen molar-refractivity contribution in [3.05, 3.63) is 24.3 Å². The molecule has 0 saturated carbocycles. The molecule has 0 aliphatic carbocycles. The van der Waals surface area contributed by atoms with Gasteiger partial charge >= 0.3 is 51.9 Å². The minimum atomic E-state index is -4.67. The Morgan fingerprint density at radius 1 is 0.489 bits per heavy atom. The van der Waals surface area contributed by atoms with Gasteiger partial charge in [-0.15, -0.1) is 0 Å². The number of ether oxygens (including phenoxy) is 1. The molecule has 0 radical (unpaired) electrons. The van der Waals surface area contributed by atoms with E-state index in [4.69, 9.17) is 22.3 Å². The van der Waals surface area contributed by atoms with Crippen molar-refractivity contribution in [1.82, 2.24) is 0 Å². The maximum Gasteiger partial charge on any atom is 1.00 e. The van der Waals surface area contributed by atoms with Crippen molar-refractivity contribution in [3.8, 4) is 0 Å². The van der Waals surface area contributed by atoms with E-state index in [1.807, 2.05) is 0 Å². The zero-order valence-corrected chi connectivity index (χ0v) is 32.3. The molecule has 0 spiro atoms. The summed E-state index contributed by atoms with van der Waals surface area (Å²) in [6.45, 7) is 4.53. The molecule has 0 bridgehead atoms. The van der Waals surface area contributed by atoms with Crippen molar-refractivity contribution in [2.75, 3.05) is 0 Å².